The van der Waals surface area contributed by atoms with E-state index in [1.807, 2.05) is 0 Å². The van der Waals surface area contributed by atoms with E-state index in [1.165, 1.54) is 0 Å². The second-order valence-corrected chi connectivity index (χ2v) is 3.30. The normalized spacial score (nSPS) is 19.4. The summed E-state index contributed by atoms with van der Waals surface area (Å²) in [7, 11) is 0. The summed E-state index contributed by atoms with van der Waals surface area (Å²) in [5, 5.41) is 8.25. The molecule has 0 saturated heterocycles. The van der Waals surface area contributed by atoms with E-state index in [2.05, 4.69) is 11.7 Å². The molecule has 1 N–H and O–H groups in total. The average Bonchev–Trinajstić information content (AvgIpc) is 2.67. The molecule has 3 nitrogen and oxygen atoms in total. The lowest BCUT2D eigenvalue weighted by Gasteiger charge is -2.11. The molecule has 1 saturated carbocycles. The number of hydrogen-bond acceptors (Lipinski definition) is 2. The smallest absolute Gasteiger partial charge is 0.450 e. The summed E-state index contributed by atoms with van der Waals surface area (Å²) in [6.07, 6.45) is 3.33. The number of carbonyl (C=O) groups is 1. The molecular weight excluding hydrogens is 144 g/mol. The topological polar surface area (TPSA) is 46.5 Å². The van der Waals surface area contributed by atoms with E-state index in [0.717, 1.165) is 25.7 Å². The Morgan fingerprint density at radius 1 is 1.64 bits per heavy atom. The Morgan fingerprint density at radius 2 is 2.27 bits per heavy atom. The first-order valence-electron chi connectivity index (χ1n) is 4.04. The van der Waals surface area contributed by atoms with Crippen LogP contribution >= 0.6 is 0 Å². The highest BCUT2D eigenvalue weighted by atomic mass is 16.7. The summed E-state index contributed by atoms with van der Waals surface area (Å²) in [5.74, 6) is 0. The standard InChI is InChI=1S/C8H14O3/c1-2-3-8(4-5-8)6-11-7(9)10/h2-6H2,1H3,(H,9,10). The first kappa shape index (κ1) is 8.37. The van der Waals surface area contributed by atoms with Gasteiger partial charge in [0.15, 0.2) is 0 Å². The third-order valence-corrected chi connectivity index (χ3v) is 2.24. The van der Waals surface area contributed by atoms with Gasteiger partial charge in [-0.1, -0.05) is 13.3 Å². The molecule has 0 aromatic rings. The zero-order chi connectivity index (χ0) is 8.32. The maximum Gasteiger partial charge on any atom is 0.505 e. The van der Waals surface area contributed by atoms with Crippen LogP contribution < -0.4 is 0 Å². The van der Waals surface area contributed by atoms with E-state index in [4.69, 9.17) is 5.11 Å². The second kappa shape index (κ2) is 3.11. The Bertz CT molecular complexity index is 149. The molecule has 0 aromatic carbocycles. The Kier molecular flexibility index (Phi) is 2.37. The van der Waals surface area contributed by atoms with Crippen molar-refractivity contribution >= 4 is 6.16 Å². The lowest BCUT2D eigenvalue weighted by Crippen LogP contribution is -2.13. The molecule has 1 rings (SSSR count). The summed E-state index contributed by atoms with van der Waals surface area (Å²) in [4.78, 5) is 10.1. The summed E-state index contributed by atoms with van der Waals surface area (Å²) >= 11 is 0. The number of hydrogen-bond donors (Lipinski definition) is 1. The van der Waals surface area contributed by atoms with Gasteiger partial charge in [0.1, 0.15) is 6.61 Å². The van der Waals surface area contributed by atoms with Crippen LogP contribution in [-0.2, 0) is 4.74 Å². The molecule has 11 heavy (non-hydrogen) atoms. The van der Waals surface area contributed by atoms with Crippen molar-refractivity contribution in [1.82, 2.24) is 0 Å². The molecule has 0 heterocycles. The van der Waals surface area contributed by atoms with Gasteiger partial charge in [0.2, 0.25) is 0 Å². The summed E-state index contributed by atoms with van der Waals surface area (Å²) in [5.41, 5.74) is 0.229. The van der Waals surface area contributed by atoms with Gasteiger partial charge in [-0.2, -0.15) is 0 Å². The molecule has 0 spiro atoms. The molecule has 1 aliphatic rings. The van der Waals surface area contributed by atoms with Crippen molar-refractivity contribution in [2.24, 2.45) is 5.41 Å². The van der Waals surface area contributed by atoms with Crippen molar-refractivity contribution in [3.8, 4) is 0 Å². The Balaban J connectivity index is 2.19. The van der Waals surface area contributed by atoms with E-state index in [-0.39, 0.29) is 5.41 Å². The Labute approximate surface area is 66.4 Å². The molecule has 0 amide bonds. The van der Waals surface area contributed by atoms with Gasteiger partial charge in [-0.3, -0.25) is 0 Å². The summed E-state index contributed by atoms with van der Waals surface area (Å²) in [6, 6.07) is 0. The number of ether oxygens (including phenoxy) is 1. The van der Waals surface area contributed by atoms with Crippen LogP contribution in [0.2, 0.25) is 0 Å². The highest BCUT2D eigenvalue weighted by Gasteiger charge is 2.42. The molecule has 0 bridgehead atoms. The van der Waals surface area contributed by atoms with Gasteiger partial charge >= 0.3 is 6.16 Å². The molecule has 3 heteroatoms. The largest absolute Gasteiger partial charge is 0.505 e. The zero-order valence-corrected chi connectivity index (χ0v) is 6.80. The predicted molar refractivity (Wildman–Crippen MR) is 40.6 cm³/mol. The minimum Gasteiger partial charge on any atom is -0.450 e. The monoisotopic (exact) mass is 158 g/mol. The highest BCUT2D eigenvalue weighted by Crippen LogP contribution is 2.49. The second-order valence-electron chi connectivity index (χ2n) is 3.30. The van der Waals surface area contributed by atoms with Crippen molar-refractivity contribution in [2.45, 2.75) is 32.6 Å². The van der Waals surface area contributed by atoms with Crippen LogP contribution in [0.4, 0.5) is 4.79 Å². The fraction of sp³-hybridized carbons (Fsp3) is 0.875. The van der Waals surface area contributed by atoms with Crippen molar-refractivity contribution in [3.63, 3.8) is 0 Å². The molecule has 64 valence electrons. The molecule has 1 fully saturated rings. The van der Waals surface area contributed by atoms with Crippen LogP contribution in [0.15, 0.2) is 0 Å². The fourth-order valence-electron chi connectivity index (χ4n) is 1.39. The van der Waals surface area contributed by atoms with Gasteiger partial charge in [-0.25, -0.2) is 4.79 Å². The van der Waals surface area contributed by atoms with Crippen molar-refractivity contribution in [3.05, 3.63) is 0 Å². The first-order chi connectivity index (χ1) is 5.18. The van der Waals surface area contributed by atoms with Crippen molar-refractivity contribution < 1.29 is 14.6 Å². The first-order valence-corrected chi connectivity index (χ1v) is 4.04. The number of carboxylic acid groups (broad SMARTS) is 1. The van der Waals surface area contributed by atoms with E-state index in [9.17, 15) is 4.79 Å². The van der Waals surface area contributed by atoms with Crippen LogP contribution in [0.5, 0.6) is 0 Å². The quantitative estimate of drug-likeness (QED) is 0.638. The van der Waals surface area contributed by atoms with Crippen LogP contribution in [0, 0.1) is 5.41 Å². The minimum atomic E-state index is -1.15. The summed E-state index contributed by atoms with van der Waals surface area (Å²) in [6.45, 7) is 2.51. The van der Waals surface area contributed by atoms with Gasteiger partial charge in [-0.05, 0) is 19.3 Å². The van der Waals surface area contributed by atoms with Crippen molar-refractivity contribution in [1.29, 1.82) is 0 Å². The molecule has 1 aliphatic carbocycles. The lowest BCUT2D eigenvalue weighted by molar-refractivity contribution is 0.0704. The molecule has 0 unspecified atom stereocenters. The van der Waals surface area contributed by atoms with E-state index >= 15 is 0 Å². The number of rotatable bonds is 4. The minimum absolute atomic E-state index is 0.229. The third-order valence-electron chi connectivity index (χ3n) is 2.24. The van der Waals surface area contributed by atoms with Gasteiger partial charge < -0.3 is 9.84 Å². The van der Waals surface area contributed by atoms with Gasteiger partial charge in [0.05, 0.1) is 0 Å². The molecule has 0 aromatic heterocycles. The van der Waals surface area contributed by atoms with Crippen molar-refractivity contribution in [2.75, 3.05) is 6.61 Å². The summed E-state index contributed by atoms with van der Waals surface area (Å²) < 4.78 is 4.54. The van der Waals surface area contributed by atoms with Gasteiger partial charge in [0, 0.05) is 5.41 Å². The third kappa shape index (κ3) is 2.41. The zero-order valence-electron chi connectivity index (χ0n) is 6.80. The molecular formula is C8H14O3. The van der Waals surface area contributed by atoms with Gasteiger partial charge in [0.25, 0.3) is 0 Å². The fourth-order valence-corrected chi connectivity index (χ4v) is 1.39. The van der Waals surface area contributed by atoms with Gasteiger partial charge in [-0.15, -0.1) is 0 Å². The Hall–Kier alpha value is -0.730. The highest BCUT2D eigenvalue weighted by molar-refractivity contribution is 5.56. The lowest BCUT2D eigenvalue weighted by atomic mass is 10.0. The average molecular weight is 158 g/mol. The Morgan fingerprint density at radius 3 is 2.64 bits per heavy atom. The molecule has 0 atom stereocenters. The van der Waals surface area contributed by atoms with Crippen LogP contribution in [0.1, 0.15) is 32.6 Å². The van der Waals surface area contributed by atoms with E-state index in [1.54, 1.807) is 0 Å². The predicted octanol–water partition coefficient (Wildman–Crippen LogP) is 2.26. The SMILES string of the molecule is CCCC1(COC(=O)O)CC1. The maximum atomic E-state index is 10.1. The molecule has 0 aliphatic heterocycles. The van der Waals surface area contributed by atoms with E-state index < -0.39 is 6.16 Å². The molecule has 0 radical (unpaired) electrons. The maximum absolute atomic E-state index is 10.1. The van der Waals surface area contributed by atoms with Crippen LogP contribution in [-0.4, -0.2) is 17.9 Å². The van der Waals surface area contributed by atoms with Crippen LogP contribution in [0.25, 0.3) is 0 Å². The van der Waals surface area contributed by atoms with Crippen LogP contribution in [0.3, 0.4) is 0 Å². The van der Waals surface area contributed by atoms with E-state index in [0.29, 0.717) is 6.61 Å².